The quantitative estimate of drug-likeness (QED) is 0.898. The van der Waals surface area contributed by atoms with Crippen molar-refractivity contribution >= 4 is 6.09 Å². The minimum atomic E-state index is -4.66. The number of ether oxygens (including phenoxy) is 1. The van der Waals surface area contributed by atoms with Crippen molar-refractivity contribution in [1.82, 2.24) is 19.8 Å². The van der Waals surface area contributed by atoms with Crippen molar-refractivity contribution in [2.24, 2.45) is 0 Å². The summed E-state index contributed by atoms with van der Waals surface area (Å²) in [6, 6.07) is 1.39. The first-order chi connectivity index (χ1) is 11.1. The summed E-state index contributed by atoms with van der Waals surface area (Å²) in [5.41, 5.74) is 0.209. The second-order valence-corrected chi connectivity index (χ2v) is 5.84. The molecule has 0 unspecified atom stereocenters. The Balaban J connectivity index is 2.13. The zero-order chi connectivity index (χ0) is 17.9. The topological polar surface area (TPSA) is 78.8 Å². The molecule has 1 N–H and O–H groups in total. The molecule has 1 saturated heterocycles. The van der Waals surface area contributed by atoms with Crippen LogP contribution in [0.4, 0.5) is 18.0 Å². The Morgan fingerprint density at radius 2 is 2.00 bits per heavy atom. The lowest BCUT2D eigenvalue weighted by Gasteiger charge is -2.30. The fraction of sp³-hybridized carbons (Fsp3) is 0.643. The number of nitrogens with zero attached hydrogens (tertiary/aromatic N) is 4. The van der Waals surface area contributed by atoms with Crippen LogP contribution in [-0.4, -0.2) is 64.3 Å². The average Bonchev–Trinajstić information content (AvgIpc) is 2.46. The second kappa shape index (κ2) is 7.20. The average molecular weight is 348 g/mol. The molecule has 2 heterocycles. The summed E-state index contributed by atoms with van der Waals surface area (Å²) in [7, 11) is 3.44. The fourth-order valence-corrected chi connectivity index (χ4v) is 2.40. The summed E-state index contributed by atoms with van der Waals surface area (Å²) in [5, 5.41) is 8.90. The zero-order valence-corrected chi connectivity index (χ0v) is 13.4. The van der Waals surface area contributed by atoms with E-state index in [2.05, 4.69) is 9.97 Å². The van der Waals surface area contributed by atoms with Crippen LogP contribution < -0.4 is 4.74 Å². The monoisotopic (exact) mass is 348 g/mol. The molecule has 0 spiro atoms. The number of carbonyl (C=O) groups is 1. The Kier molecular flexibility index (Phi) is 5.47. The summed E-state index contributed by atoms with van der Waals surface area (Å²) in [6.07, 6.45) is -5.24. The third kappa shape index (κ3) is 4.95. The number of aromatic nitrogens is 2. The molecule has 0 aromatic carbocycles. The maximum atomic E-state index is 12.9. The lowest BCUT2D eigenvalue weighted by atomic mass is 10.1. The maximum absolute atomic E-state index is 12.9. The Labute approximate surface area is 137 Å². The Bertz CT molecular complexity index is 587. The van der Waals surface area contributed by atoms with E-state index in [0.29, 0.717) is 12.8 Å². The maximum Gasteiger partial charge on any atom is 0.451 e. The number of likely N-dealkylation sites (tertiary alicyclic amines) is 1. The van der Waals surface area contributed by atoms with Gasteiger partial charge in [-0.2, -0.15) is 18.2 Å². The number of hydrogen-bond acceptors (Lipinski definition) is 5. The normalized spacial score (nSPS) is 16.5. The van der Waals surface area contributed by atoms with E-state index in [-0.39, 0.29) is 37.3 Å². The van der Waals surface area contributed by atoms with Gasteiger partial charge in [-0.15, -0.1) is 0 Å². The van der Waals surface area contributed by atoms with Crippen molar-refractivity contribution in [2.75, 3.05) is 27.2 Å². The number of hydrogen-bond donors (Lipinski definition) is 1. The van der Waals surface area contributed by atoms with Crippen LogP contribution in [-0.2, 0) is 12.7 Å². The largest absolute Gasteiger partial charge is 0.474 e. The van der Waals surface area contributed by atoms with E-state index in [1.54, 1.807) is 19.0 Å². The van der Waals surface area contributed by atoms with Crippen molar-refractivity contribution in [2.45, 2.75) is 31.7 Å². The van der Waals surface area contributed by atoms with Gasteiger partial charge in [0.15, 0.2) is 0 Å². The molecule has 1 aromatic rings. The lowest BCUT2D eigenvalue weighted by molar-refractivity contribution is -0.145. The van der Waals surface area contributed by atoms with Crippen LogP contribution in [0.3, 0.4) is 0 Å². The molecule has 7 nitrogen and oxygen atoms in total. The van der Waals surface area contributed by atoms with Crippen molar-refractivity contribution in [3.63, 3.8) is 0 Å². The molecule has 1 aliphatic heterocycles. The minimum Gasteiger partial charge on any atom is -0.474 e. The van der Waals surface area contributed by atoms with Gasteiger partial charge >= 0.3 is 12.3 Å². The van der Waals surface area contributed by atoms with Gasteiger partial charge in [-0.1, -0.05) is 0 Å². The Morgan fingerprint density at radius 1 is 1.38 bits per heavy atom. The molecule has 134 valence electrons. The molecule has 24 heavy (non-hydrogen) atoms. The summed E-state index contributed by atoms with van der Waals surface area (Å²) in [6.45, 7) is 0.781. The van der Waals surface area contributed by atoms with Gasteiger partial charge in [-0.05, 0) is 14.1 Å². The third-order valence-corrected chi connectivity index (χ3v) is 3.49. The van der Waals surface area contributed by atoms with Crippen LogP contribution in [0.2, 0.25) is 0 Å². The first-order valence-corrected chi connectivity index (χ1v) is 7.39. The van der Waals surface area contributed by atoms with Crippen molar-refractivity contribution in [1.29, 1.82) is 0 Å². The van der Waals surface area contributed by atoms with E-state index in [1.807, 2.05) is 0 Å². The molecule has 1 fully saturated rings. The van der Waals surface area contributed by atoms with Crippen LogP contribution in [0, 0.1) is 0 Å². The minimum absolute atomic E-state index is 0.136. The number of piperidine rings is 1. The number of halogens is 3. The van der Waals surface area contributed by atoms with Crippen LogP contribution >= 0.6 is 0 Å². The highest BCUT2D eigenvalue weighted by Gasteiger charge is 2.36. The number of rotatable bonds is 4. The van der Waals surface area contributed by atoms with Gasteiger partial charge in [0.1, 0.15) is 6.10 Å². The fourth-order valence-electron chi connectivity index (χ4n) is 2.40. The van der Waals surface area contributed by atoms with Gasteiger partial charge in [0.2, 0.25) is 11.7 Å². The predicted octanol–water partition coefficient (Wildman–Crippen LogP) is 2.08. The highest BCUT2D eigenvalue weighted by atomic mass is 19.4. The third-order valence-electron chi connectivity index (χ3n) is 3.49. The van der Waals surface area contributed by atoms with Gasteiger partial charge < -0.3 is 19.6 Å². The van der Waals surface area contributed by atoms with Crippen molar-refractivity contribution < 1.29 is 27.8 Å². The number of amides is 1. The van der Waals surface area contributed by atoms with Crippen LogP contribution in [0.5, 0.6) is 5.88 Å². The standard InChI is InChI=1S/C14H19F3N4O3/c1-20(2)8-9-7-11(19-12(18-9)14(15,16)17)24-10-3-5-21(6-4-10)13(22)23/h7,10H,3-6,8H2,1-2H3,(H,22,23). The van der Waals surface area contributed by atoms with E-state index in [1.165, 1.54) is 11.0 Å². The van der Waals surface area contributed by atoms with Gasteiger partial charge in [0.25, 0.3) is 0 Å². The summed E-state index contributed by atoms with van der Waals surface area (Å²) < 4.78 is 44.4. The molecule has 0 radical (unpaired) electrons. The van der Waals surface area contributed by atoms with Crippen LogP contribution in [0.15, 0.2) is 6.07 Å². The van der Waals surface area contributed by atoms with Gasteiger partial charge in [0.05, 0.1) is 5.69 Å². The molecule has 0 aliphatic carbocycles. The summed E-state index contributed by atoms with van der Waals surface area (Å²) in [5.74, 6) is -1.37. The molecule has 1 amide bonds. The van der Waals surface area contributed by atoms with Crippen LogP contribution in [0.1, 0.15) is 24.4 Å². The molecule has 2 rings (SSSR count). The Hall–Kier alpha value is -2.10. The molecule has 10 heteroatoms. The predicted molar refractivity (Wildman–Crippen MR) is 77.7 cm³/mol. The van der Waals surface area contributed by atoms with Gasteiger partial charge in [-0.3, -0.25) is 0 Å². The first-order valence-electron chi connectivity index (χ1n) is 7.39. The number of alkyl halides is 3. The van der Waals surface area contributed by atoms with E-state index in [4.69, 9.17) is 9.84 Å². The van der Waals surface area contributed by atoms with Crippen molar-refractivity contribution in [3.05, 3.63) is 17.6 Å². The molecule has 0 bridgehead atoms. The van der Waals surface area contributed by atoms with Gasteiger partial charge in [0, 0.05) is 38.5 Å². The highest BCUT2D eigenvalue weighted by molar-refractivity contribution is 5.65. The summed E-state index contributed by atoms with van der Waals surface area (Å²) in [4.78, 5) is 20.8. The zero-order valence-electron chi connectivity index (χ0n) is 13.4. The molecule has 0 saturated carbocycles. The molecular formula is C14H19F3N4O3. The molecule has 1 aromatic heterocycles. The molecule has 0 atom stereocenters. The van der Waals surface area contributed by atoms with Gasteiger partial charge in [-0.25, -0.2) is 9.78 Å². The first kappa shape index (κ1) is 18.2. The summed E-state index contributed by atoms with van der Waals surface area (Å²) >= 11 is 0. The van der Waals surface area contributed by atoms with Crippen LogP contribution in [0.25, 0.3) is 0 Å². The second-order valence-electron chi connectivity index (χ2n) is 5.84. The smallest absolute Gasteiger partial charge is 0.451 e. The van der Waals surface area contributed by atoms with Crippen molar-refractivity contribution in [3.8, 4) is 5.88 Å². The SMILES string of the molecule is CN(C)Cc1cc(OC2CCN(C(=O)O)CC2)nc(C(F)(F)F)n1. The Morgan fingerprint density at radius 3 is 2.50 bits per heavy atom. The van der Waals surface area contributed by atoms with E-state index in [0.717, 1.165) is 0 Å². The highest BCUT2D eigenvalue weighted by Crippen LogP contribution is 2.28. The lowest BCUT2D eigenvalue weighted by Crippen LogP contribution is -2.41. The van der Waals surface area contributed by atoms with E-state index >= 15 is 0 Å². The van der Waals surface area contributed by atoms with E-state index in [9.17, 15) is 18.0 Å². The number of carboxylic acid groups (broad SMARTS) is 1. The van der Waals surface area contributed by atoms with E-state index < -0.39 is 18.1 Å². The molecule has 1 aliphatic rings. The molecular weight excluding hydrogens is 329 g/mol.